The van der Waals surface area contributed by atoms with Crippen LogP contribution >= 0.6 is 0 Å². The highest BCUT2D eigenvalue weighted by molar-refractivity contribution is 5.93. The quantitative estimate of drug-likeness (QED) is 0.544. The van der Waals surface area contributed by atoms with Crippen LogP contribution in [0.25, 0.3) is 0 Å². The first-order chi connectivity index (χ1) is 7.50. The molecule has 1 rings (SSSR count). The van der Waals surface area contributed by atoms with Gasteiger partial charge in [0.25, 0.3) is 0 Å². The largest absolute Gasteiger partial charge is 0.382 e. The lowest BCUT2D eigenvalue weighted by Gasteiger charge is -2.19. The van der Waals surface area contributed by atoms with Gasteiger partial charge in [-0.05, 0) is 33.8 Å². The second-order valence-electron chi connectivity index (χ2n) is 5.45. The molecule has 17 heavy (non-hydrogen) atoms. The Morgan fingerprint density at radius 1 is 1.47 bits per heavy atom. The van der Waals surface area contributed by atoms with E-state index in [1.54, 1.807) is 0 Å². The van der Waals surface area contributed by atoms with Gasteiger partial charge in [-0.15, -0.1) is 0 Å². The average molecular weight is 241 g/mol. The molecule has 0 amide bonds. The minimum Gasteiger partial charge on any atom is -0.382 e. The zero-order chi connectivity index (χ0) is 13.4. The number of rotatable bonds is 4. The summed E-state index contributed by atoms with van der Waals surface area (Å²) in [6.45, 7) is 6.87. The van der Waals surface area contributed by atoms with Gasteiger partial charge < -0.3 is 11.5 Å². The second-order valence-corrected chi connectivity index (χ2v) is 5.45. The van der Waals surface area contributed by atoms with Crippen LogP contribution in [0.1, 0.15) is 39.1 Å². The Labute approximate surface area is 100 Å². The van der Waals surface area contributed by atoms with Crippen molar-refractivity contribution in [3.63, 3.8) is 0 Å². The van der Waals surface area contributed by atoms with Crippen LogP contribution in [0, 0.1) is 5.41 Å². The molecule has 0 aromatic carbocycles. The highest BCUT2D eigenvalue weighted by Crippen LogP contribution is 2.24. The molecule has 0 saturated heterocycles. The smallest absolute Gasteiger partial charge is 0.149 e. The molecule has 6 heteroatoms. The third-order valence-electron chi connectivity index (χ3n) is 2.22. The van der Waals surface area contributed by atoms with E-state index >= 15 is 0 Å². The van der Waals surface area contributed by atoms with E-state index in [1.807, 2.05) is 13.8 Å². The molecule has 5 N–H and O–H groups in total. The molecule has 1 aromatic heterocycles. The topological polar surface area (TPSA) is 93.7 Å². The van der Waals surface area contributed by atoms with Gasteiger partial charge in [-0.2, -0.15) is 5.10 Å². The van der Waals surface area contributed by atoms with Crippen molar-refractivity contribution < 1.29 is 4.39 Å². The SMILES string of the molecule is CC(C)(N)Cn1nc(C(C)(C)F)cc1C(=N)N. The number of aromatic nitrogens is 2. The molecule has 0 fully saturated rings. The Balaban J connectivity index is 3.20. The van der Waals surface area contributed by atoms with E-state index in [0.29, 0.717) is 12.2 Å². The van der Waals surface area contributed by atoms with Crippen molar-refractivity contribution in [2.24, 2.45) is 11.5 Å². The Morgan fingerprint density at radius 2 is 2.00 bits per heavy atom. The lowest BCUT2D eigenvalue weighted by Crippen LogP contribution is -2.38. The zero-order valence-electron chi connectivity index (χ0n) is 10.7. The van der Waals surface area contributed by atoms with Gasteiger partial charge in [-0.3, -0.25) is 10.1 Å². The molecule has 0 aliphatic heterocycles. The van der Waals surface area contributed by atoms with Crippen LogP contribution in [0.3, 0.4) is 0 Å². The summed E-state index contributed by atoms with van der Waals surface area (Å²) in [5.41, 5.74) is 9.92. The molecular weight excluding hydrogens is 221 g/mol. The van der Waals surface area contributed by atoms with Gasteiger partial charge >= 0.3 is 0 Å². The summed E-state index contributed by atoms with van der Waals surface area (Å²) in [7, 11) is 0. The van der Waals surface area contributed by atoms with Gasteiger partial charge in [-0.1, -0.05) is 0 Å². The van der Waals surface area contributed by atoms with E-state index in [9.17, 15) is 4.39 Å². The molecule has 0 unspecified atom stereocenters. The Bertz CT molecular complexity index is 422. The van der Waals surface area contributed by atoms with Gasteiger partial charge in [-0.25, -0.2) is 4.39 Å². The number of amidine groups is 1. The van der Waals surface area contributed by atoms with E-state index in [2.05, 4.69) is 5.10 Å². The first-order valence-electron chi connectivity index (χ1n) is 5.41. The predicted molar refractivity (Wildman–Crippen MR) is 65.6 cm³/mol. The van der Waals surface area contributed by atoms with Crippen molar-refractivity contribution in [3.05, 3.63) is 17.5 Å². The summed E-state index contributed by atoms with van der Waals surface area (Å²) in [5.74, 6) is -0.141. The average Bonchev–Trinajstić information content (AvgIpc) is 2.43. The van der Waals surface area contributed by atoms with E-state index in [1.165, 1.54) is 24.6 Å². The zero-order valence-corrected chi connectivity index (χ0v) is 10.7. The van der Waals surface area contributed by atoms with Gasteiger partial charge in [0.2, 0.25) is 0 Å². The molecule has 1 heterocycles. The number of halogens is 1. The third-order valence-corrected chi connectivity index (χ3v) is 2.22. The molecule has 0 spiro atoms. The Morgan fingerprint density at radius 3 is 2.35 bits per heavy atom. The van der Waals surface area contributed by atoms with Crippen molar-refractivity contribution in [1.82, 2.24) is 9.78 Å². The van der Waals surface area contributed by atoms with Crippen LogP contribution in [-0.2, 0) is 12.2 Å². The summed E-state index contributed by atoms with van der Waals surface area (Å²) >= 11 is 0. The third kappa shape index (κ3) is 3.52. The monoisotopic (exact) mass is 241 g/mol. The van der Waals surface area contributed by atoms with E-state index in [0.717, 1.165) is 0 Å². The van der Waals surface area contributed by atoms with Crippen molar-refractivity contribution in [2.75, 3.05) is 0 Å². The highest BCUT2D eigenvalue weighted by atomic mass is 19.1. The molecule has 0 radical (unpaired) electrons. The molecule has 96 valence electrons. The standard InChI is InChI=1S/C11H20FN5/c1-10(2,15)6-17-7(9(13)14)5-8(16-17)11(3,4)12/h5H,6,15H2,1-4H3,(H3,13,14). The number of hydrogen-bond acceptors (Lipinski definition) is 3. The first-order valence-corrected chi connectivity index (χ1v) is 5.41. The maximum absolute atomic E-state index is 13.8. The van der Waals surface area contributed by atoms with E-state index < -0.39 is 11.2 Å². The molecule has 1 aromatic rings. The fraction of sp³-hybridized carbons (Fsp3) is 0.636. The summed E-state index contributed by atoms with van der Waals surface area (Å²) in [4.78, 5) is 0. The minimum atomic E-state index is -1.56. The molecular formula is C11H20FN5. The summed E-state index contributed by atoms with van der Waals surface area (Å²) < 4.78 is 15.3. The molecule has 0 saturated carbocycles. The summed E-state index contributed by atoms with van der Waals surface area (Å²) in [6.07, 6.45) is 0. The van der Waals surface area contributed by atoms with Crippen LogP contribution in [0.4, 0.5) is 4.39 Å². The summed E-state index contributed by atoms with van der Waals surface area (Å²) in [5, 5.41) is 11.6. The Hall–Kier alpha value is -1.43. The van der Waals surface area contributed by atoms with Crippen molar-refractivity contribution >= 4 is 5.84 Å². The number of nitrogens with one attached hydrogen (secondary N) is 1. The number of hydrogen-bond donors (Lipinski definition) is 3. The van der Waals surface area contributed by atoms with Gasteiger partial charge in [0.15, 0.2) is 0 Å². The maximum Gasteiger partial charge on any atom is 0.149 e. The van der Waals surface area contributed by atoms with Gasteiger partial charge in [0.1, 0.15) is 17.2 Å². The predicted octanol–water partition coefficient (Wildman–Crippen LogP) is 1.11. The van der Waals surface area contributed by atoms with Crippen LogP contribution in [0.5, 0.6) is 0 Å². The highest BCUT2D eigenvalue weighted by Gasteiger charge is 2.26. The second kappa shape index (κ2) is 4.10. The summed E-state index contributed by atoms with van der Waals surface area (Å²) in [6, 6.07) is 1.49. The van der Waals surface area contributed by atoms with Crippen molar-refractivity contribution in [2.45, 2.75) is 45.4 Å². The van der Waals surface area contributed by atoms with E-state index in [4.69, 9.17) is 16.9 Å². The number of alkyl halides is 1. The molecule has 0 bridgehead atoms. The number of nitrogens with two attached hydrogens (primary N) is 2. The van der Waals surface area contributed by atoms with Gasteiger partial charge in [0.05, 0.1) is 12.2 Å². The van der Waals surface area contributed by atoms with Crippen molar-refractivity contribution in [1.29, 1.82) is 5.41 Å². The number of nitrogen functional groups attached to an aromatic ring is 1. The Kier molecular flexibility index (Phi) is 3.29. The van der Waals surface area contributed by atoms with Crippen LogP contribution in [0.2, 0.25) is 0 Å². The lowest BCUT2D eigenvalue weighted by atomic mass is 10.1. The maximum atomic E-state index is 13.8. The lowest BCUT2D eigenvalue weighted by molar-refractivity contribution is 0.211. The fourth-order valence-corrected chi connectivity index (χ4v) is 1.43. The van der Waals surface area contributed by atoms with Crippen molar-refractivity contribution in [3.8, 4) is 0 Å². The van der Waals surface area contributed by atoms with Crippen LogP contribution in [-0.4, -0.2) is 21.2 Å². The molecule has 0 atom stereocenters. The van der Waals surface area contributed by atoms with Crippen LogP contribution in [0.15, 0.2) is 6.07 Å². The number of nitrogens with zero attached hydrogens (tertiary/aromatic N) is 2. The fourth-order valence-electron chi connectivity index (χ4n) is 1.43. The van der Waals surface area contributed by atoms with Crippen LogP contribution < -0.4 is 11.5 Å². The molecule has 5 nitrogen and oxygen atoms in total. The first kappa shape index (κ1) is 13.6. The normalized spacial score (nSPS) is 12.8. The minimum absolute atomic E-state index is 0.141. The molecule has 0 aliphatic rings. The van der Waals surface area contributed by atoms with Gasteiger partial charge in [0, 0.05) is 5.54 Å². The van der Waals surface area contributed by atoms with E-state index in [-0.39, 0.29) is 11.5 Å². The molecule has 0 aliphatic carbocycles.